The first-order chi connectivity index (χ1) is 11.3. The maximum absolute atomic E-state index is 13.1. The molecule has 0 aromatic heterocycles. The summed E-state index contributed by atoms with van der Waals surface area (Å²) >= 11 is 0. The average molecular weight is 329 g/mol. The van der Waals surface area contributed by atoms with Gasteiger partial charge in [0.05, 0.1) is 6.04 Å². The average Bonchev–Trinajstić information content (AvgIpc) is 2.57. The minimum atomic E-state index is -1.11. The van der Waals surface area contributed by atoms with Gasteiger partial charge in [-0.05, 0) is 44.3 Å². The molecule has 0 aliphatic heterocycles. The largest absolute Gasteiger partial charge is 0.352 e. The van der Waals surface area contributed by atoms with Gasteiger partial charge in [0.25, 0.3) is 0 Å². The van der Waals surface area contributed by atoms with Gasteiger partial charge in [-0.25, -0.2) is 4.39 Å². The summed E-state index contributed by atoms with van der Waals surface area (Å²) in [6, 6.07) is 15.5. The van der Waals surface area contributed by atoms with Crippen molar-refractivity contribution in [3.05, 3.63) is 71.5 Å². The number of benzene rings is 2. The van der Waals surface area contributed by atoms with Crippen LogP contribution >= 0.6 is 0 Å². The molecule has 0 spiro atoms. The maximum Gasteiger partial charge on any atom is 0.244 e. The number of likely N-dealkylation sites (N-methyl/N-ethyl adjacent to an activating group) is 1. The van der Waals surface area contributed by atoms with Crippen LogP contribution in [0.25, 0.3) is 0 Å². The lowest BCUT2D eigenvalue weighted by Gasteiger charge is -2.28. The third-order valence-corrected chi connectivity index (χ3v) is 4.18. The second-order valence-electron chi connectivity index (χ2n) is 6.31. The normalized spacial score (nSPS) is 14.9. The lowest BCUT2D eigenvalue weighted by Crippen LogP contribution is -2.50. The third kappa shape index (κ3) is 4.19. The predicted molar refractivity (Wildman–Crippen MR) is 93.8 cm³/mol. The van der Waals surface area contributed by atoms with Gasteiger partial charge in [0.1, 0.15) is 11.4 Å². The Hall–Kier alpha value is -2.24. The van der Waals surface area contributed by atoms with Crippen LogP contribution in [0.5, 0.6) is 0 Å². The fourth-order valence-electron chi connectivity index (χ4n) is 2.57. The molecule has 3 N–H and O–H groups in total. The van der Waals surface area contributed by atoms with Crippen molar-refractivity contribution in [1.29, 1.82) is 0 Å². The van der Waals surface area contributed by atoms with Crippen LogP contribution in [0.2, 0.25) is 0 Å². The molecule has 0 aliphatic rings. The van der Waals surface area contributed by atoms with E-state index in [0.717, 1.165) is 11.1 Å². The number of rotatable bonds is 6. The monoisotopic (exact) mass is 329 g/mol. The number of halogens is 1. The van der Waals surface area contributed by atoms with E-state index in [4.69, 9.17) is 5.73 Å². The molecule has 0 fully saturated rings. The number of nitrogens with zero attached hydrogens (tertiary/aromatic N) is 1. The van der Waals surface area contributed by atoms with Crippen LogP contribution < -0.4 is 11.1 Å². The highest BCUT2D eigenvalue weighted by atomic mass is 19.1. The molecular weight excluding hydrogens is 305 g/mol. The molecule has 24 heavy (non-hydrogen) atoms. The van der Waals surface area contributed by atoms with Crippen LogP contribution in [0.1, 0.15) is 24.1 Å². The van der Waals surface area contributed by atoms with E-state index in [9.17, 15) is 9.18 Å². The highest BCUT2D eigenvalue weighted by Crippen LogP contribution is 2.20. The smallest absolute Gasteiger partial charge is 0.244 e. The minimum absolute atomic E-state index is 0.0684. The van der Waals surface area contributed by atoms with Gasteiger partial charge < -0.3 is 16.0 Å². The second kappa shape index (κ2) is 7.55. The van der Waals surface area contributed by atoms with Crippen molar-refractivity contribution in [2.75, 3.05) is 20.6 Å². The van der Waals surface area contributed by atoms with Gasteiger partial charge in [-0.2, -0.15) is 0 Å². The highest BCUT2D eigenvalue weighted by molar-refractivity contribution is 5.87. The number of hydrogen-bond donors (Lipinski definition) is 2. The Bertz CT molecular complexity index is 669. The van der Waals surface area contributed by atoms with Crippen LogP contribution in [0.4, 0.5) is 4.39 Å². The molecule has 4 nitrogen and oxygen atoms in total. The number of carbonyl (C=O) groups excluding carboxylic acids is 1. The van der Waals surface area contributed by atoms with Crippen molar-refractivity contribution in [2.24, 2.45) is 5.73 Å². The third-order valence-electron chi connectivity index (χ3n) is 4.18. The van der Waals surface area contributed by atoms with Gasteiger partial charge >= 0.3 is 0 Å². The molecule has 2 aromatic carbocycles. The number of carbonyl (C=O) groups is 1. The van der Waals surface area contributed by atoms with E-state index in [1.54, 1.807) is 19.1 Å². The van der Waals surface area contributed by atoms with Gasteiger partial charge in [0, 0.05) is 6.54 Å². The van der Waals surface area contributed by atoms with Gasteiger partial charge in [0.15, 0.2) is 0 Å². The number of amides is 1. The van der Waals surface area contributed by atoms with Crippen molar-refractivity contribution in [3.63, 3.8) is 0 Å². The van der Waals surface area contributed by atoms with Gasteiger partial charge in [-0.15, -0.1) is 0 Å². The molecule has 0 radical (unpaired) electrons. The predicted octanol–water partition coefficient (Wildman–Crippen LogP) is 2.42. The van der Waals surface area contributed by atoms with Crippen molar-refractivity contribution >= 4 is 5.91 Å². The molecule has 128 valence electrons. The fraction of sp³-hybridized carbons (Fsp3) is 0.316. The molecule has 5 heteroatoms. The molecule has 1 amide bonds. The molecule has 0 heterocycles. The summed E-state index contributed by atoms with van der Waals surface area (Å²) in [5.41, 5.74) is 6.80. The van der Waals surface area contributed by atoms with Gasteiger partial charge in [-0.1, -0.05) is 42.5 Å². The first-order valence-electron chi connectivity index (χ1n) is 7.87. The Morgan fingerprint density at radius 2 is 1.75 bits per heavy atom. The van der Waals surface area contributed by atoms with Crippen LogP contribution in [0.3, 0.4) is 0 Å². The fourth-order valence-corrected chi connectivity index (χ4v) is 2.57. The summed E-state index contributed by atoms with van der Waals surface area (Å²) in [6.45, 7) is 2.08. The number of nitrogens with one attached hydrogen (secondary N) is 1. The summed E-state index contributed by atoms with van der Waals surface area (Å²) in [5, 5.41) is 2.92. The zero-order valence-corrected chi connectivity index (χ0v) is 14.3. The second-order valence-corrected chi connectivity index (χ2v) is 6.31. The van der Waals surface area contributed by atoms with Crippen LogP contribution in [-0.2, 0) is 10.3 Å². The van der Waals surface area contributed by atoms with Crippen molar-refractivity contribution < 1.29 is 9.18 Å². The Labute approximate surface area is 142 Å². The van der Waals surface area contributed by atoms with E-state index in [1.807, 2.05) is 49.3 Å². The lowest BCUT2D eigenvalue weighted by atomic mass is 9.92. The number of nitrogens with two attached hydrogens (primary N) is 1. The van der Waals surface area contributed by atoms with Gasteiger partial charge in [-0.3, -0.25) is 4.79 Å². The first-order valence-corrected chi connectivity index (χ1v) is 7.87. The lowest BCUT2D eigenvalue weighted by molar-refractivity contribution is -0.126. The van der Waals surface area contributed by atoms with Crippen LogP contribution in [0.15, 0.2) is 54.6 Å². The SMILES string of the molecule is CN(C)C(CNC(=O)C(C)(N)c1ccccc1)c1ccc(F)cc1. The van der Waals surface area contributed by atoms with Crippen LogP contribution in [0, 0.1) is 5.82 Å². The summed E-state index contributed by atoms with van der Waals surface area (Å²) in [7, 11) is 3.83. The maximum atomic E-state index is 13.1. The van der Waals surface area contributed by atoms with Crippen molar-refractivity contribution in [1.82, 2.24) is 10.2 Å². The highest BCUT2D eigenvalue weighted by Gasteiger charge is 2.30. The van der Waals surface area contributed by atoms with E-state index in [1.165, 1.54) is 12.1 Å². The molecule has 0 saturated heterocycles. The van der Waals surface area contributed by atoms with E-state index < -0.39 is 5.54 Å². The van der Waals surface area contributed by atoms with Crippen molar-refractivity contribution in [2.45, 2.75) is 18.5 Å². The summed E-state index contributed by atoms with van der Waals surface area (Å²) < 4.78 is 13.1. The van der Waals surface area contributed by atoms with E-state index in [0.29, 0.717) is 6.54 Å². The minimum Gasteiger partial charge on any atom is -0.352 e. The number of hydrogen-bond acceptors (Lipinski definition) is 3. The van der Waals surface area contributed by atoms with Gasteiger partial charge in [0.2, 0.25) is 5.91 Å². The Morgan fingerprint density at radius 3 is 2.29 bits per heavy atom. The van der Waals surface area contributed by atoms with Crippen molar-refractivity contribution in [3.8, 4) is 0 Å². The zero-order valence-electron chi connectivity index (χ0n) is 14.3. The quantitative estimate of drug-likeness (QED) is 0.856. The van der Waals surface area contributed by atoms with E-state index in [-0.39, 0.29) is 17.8 Å². The molecule has 2 atom stereocenters. The Morgan fingerprint density at radius 1 is 1.17 bits per heavy atom. The Balaban J connectivity index is 2.09. The van der Waals surface area contributed by atoms with E-state index >= 15 is 0 Å². The molecule has 2 unspecified atom stereocenters. The topological polar surface area (TPSA) is 58.4 Å². The van der Waals surface area contributed by atoms with E-state index in [2.05, 4.69) is 5.32 Å². The molecular formula is C19H24FN3O. The Kier molecular flexibility index (Phi) is 5.70. The van der Waals surface area contributed by atoms with Crippen LogP contribution in [-0.4, -0.2) is 31.4 Å². The molecule has 0 bridgehead atoms. The zero-order chi connectivity index (χ0) is 17.7. The molecule has 0 saturated carbocycles. The molecule has 2 aromatic rings. The molecule has 2 rings (SSSR count). The first kappa shape index (κ1) is 18.1. The molecule has 0 aliphatic carbocycles. The summed E-state index contributed by atoms with van der Waals surface area (Å²) in [6.07, 6.45) is 0. The standard InChI is InChI=1S/C19H24FN3O/c1-19(21,15-7-5-4-6-8-15)18(24)22-13-17(23(2)3)14-9-11-16(20)12-10-14/h4-12,17H,13,21H2,1-3H3,(H,22,24). The summed E-state index contributed by atoms with van der Waals surface area (Å²) in [5.74, 6) is -0.526. The summed E-state index contributed by atoms with van der Waals surface area (Å²) in [4.78, 5) is 14.5.